The summed E-state index contributed by atoms with van der Waals surface area (Å²) in [6.07, 6.45) is 5.09. The summed E-state index contributed by atoms with van der Waals surface area (Å²) in [5.41, 5.74) is 1.41. The molecule has 4 heteroatoms. The van der Waals surface area contributed by atoms with Crippen LogP contribution in [0.5, 0.6) is 0 Å². The highest BCUT2D eigenvalue weighted by atomic mass is 16.4. The predicted molar refractivity (Wildman–Crippen MR) is 73.3 cm³/mol. The van der Waals surface area contributed by atoms with Gasteiger partial charge in [-0.1, -0.05) is 12.8 Å². The van der Waals surface area contributed by atoms with Crippen molar-refractivity contribution < 1.29 is 9.90 Å². The Morgan fingerprint density at radius 3 is 2.74 bits per heavy atom. The van der Waals surface area contributed by atoms with Gasteiger partial charge in [0.15, 0.2) is 0 Å². The number of hydrogen-bond donors (Lipinski definition) is 1. The Bertz CT molecular complexity index is 513. The summed E-state index contributed by atoms with van der Waals surface area (Å²) in [5.74, 6) is -0.308. The van der Waals surface area contributed by atoms with Gasteiger partial charge in [0, 0.05) is 13.6 Å². The molecule has 1 N–H and O–H groups in total. The predicted octanol–water partition coefficient (Wildman–Crippen LogP) is 2.88. The fourth-order valence-corrected chi connectivity index (χ4v) is 2.77. The summed E-state index contributed by atoms with van der Waals surface area (Å²) in [5, 5.41) is 18.1. The van der Waals surface area contributed by atoms with Crippen molar-refractivity contribution in [1.29, 1.82) is 5.26 Å². The van der Waals surface area contributed by atoms with Gasteiger partial charge in [-0.15, -0.1) is 0 Å². The Kier molecular flexibility index (Phi) is 4.06. The van der Waals surface area contributed by atoms with Crippen LogP contribution in [0.2, 0.25) is 0 Å². The molecule has 0 bridgehead atoms. The second kappa shape index (κ2) is 5.75. The van der Waals surface area contributed by atoms with Crippen LogP contribution < -0.4 is 4.90 Å². The summed E-state index contributed by atoms with van der Waals surface area (Å²) < 4.78 is 0. The van der Waals surface area contributed by atoms with Crippen LogP contribution in [0.1, 0.15) is 41.6 Å². The molecule has 19 heavy (non-hydrogen) atoms. The average molecular weight is 258 g/mol. The van der Waals surface area contributed by atoms with Crippen molar-refractivity contribution in [2.24, 2.45) is 5.92 Å². The zero-order valence-electron chi connectivity index (χ0n) is 11.1. The fourth-order valence-electron chi connectivity index (χ4n) is 2.77. The first-order valence-corrected chi connectivity index (χ1v) is 6.60. The van der Waals surface area contributed by atoms with E-state index < -0.39 is 5.97 Å². The Morgan fingerprint density at radius 2 is 2.16 bits per heavy atom. The molecular formula is C15H18N2O2. The van der Waals surface area contributed by atoms with Crippen molar-refractivity contribution in [3.63, 3.8) is 0 Å². The van der Waals surface area contributed by atoms with Crippen LogP contribution in [0.25, 0.3) is 0 Å². The molecule has 0 spiro atoms. The minimum Gasteiger partial charge on any atom is -0.478 e. The van der Waals surface area contributed by atoms with Crippen molar-refractivity contribution in [3.05, 3.63) is 29.3 Å². The summed E-state index contributed by atoms with van der Waals surface area (Å²) in [6, 6.07) is 6.83. The number of carboxylic acid groups (broad SMARTS) is 1. The molecule has 0 aliphatic heterocycles. The number of carboxylic acids is 1. The molecule has 1 aromatic carbocycles. The van der Waals surface area contributed by atoms with E-state index in [9.17, 15) is 4.79 Å². The zero-order valence-corrected chi connectivity index (χ0v) is 11.1. The minimum absolute atomic E-state index is 0.162. The summed E-state index contributed by atoms with van der Waals surface area (Å²) in [4.78, 5) is 13.0. The van der Waals surface area contributed by atoms with Gasteiger partial charge in [-0.05, 0) is 37.0 Å². The molecule has 1 fully saturated rings. The molecule has 4 nitrogen and oxygen atoms in total. The van der Waals surface area contributed by atoms with Gasteiger partial charge >= 0.3 is 5.97 Å². The summed E-state index contributed by atoms with van der Waals surface area (Å²) >= 11 is 0. The molecule has 0 unspecified atom stereocenters. The minimum atomic E-state index is -0.999. The van der Waals surface area contributed by atoms with Gasteiger partial charge < -0.3 is 10.0 Å². The molecule has 0 heterocycles. The Labute approximate surface area is 113 Å². The van der Waals surface area contributed by atoms with Crippen LogP contribution in [0.15, 0.2) is 18.2 Å². The number of nitriles is 1. The van der Waals surface area contributed by atoms with E-state index in [2.05, 4.69) is 11.0 Å². The Hall–Kier alpha value is -2.02. The topological polar surface area (TPSA) is 64.3 Å². The lowest BCUT2D eigenvalue weighted by atomic mass is 10.1. The molecule has 0 aromatic heterocycles. The maximum absolute atomic E-state index is 10.9. The van der Waals surface area contributed by atoms with E-state index in [0.717, 1.165) is 12.2 Å². The van der Waals surface area contributed by atoms with E-state index in [1.165, 1.54) is 31.7 Å². The van der Waals surface area contributed by atoms with E-state index in [0.29, 0.717) is 11.5 Å². The second-order valence-corrected chi connectivity index (χ2v) is 5.18. The molecule has 0 atom stereocenters. The van der Waals surface area contributed by atoms with Crippen LogP contribution >= 0.6 is 0 Å². The normalized spacial score (nSPS) is 15.2. The highest BCUT2D eigenvalue weighted by Gasteiger charge is 2.19. The van der Waals surface area contributed by atoms with Crippen LogP contribution in [0, 0.1) is 17.2 Å². The van der Waals surface area contributed by atoms with Crippen molar-refractivity contribution in [2.45, 2.75) is 25.7 Å². The molecule has 1 aliphatic carbocycles. The van der Waals surface area contributed by atoms with Crippen LogP contribution in [-0.2, 0) is 0 Å². The quantitative estimate of drug-likeness (QED) is 0.901. The van der Waals surface area contributed by atoms with Gasteiger partial charge in [-0.2, -0.15) is 5.26 Å². The van der Waals surface area contributed by atoms with Crippen molar-refractivity contribution in [1.82, 2.24) is 0 Å². The van der Waals surface area contributed by atoms with Gasteiger partial charge in [0.05, 0.1) is 16.8 Å². The van der Waals surface area contributed by atoms with Gasteiger partial charge in [-0.25, -0.2) is 4.79 Å². The fraction of sp³-hybridized carbons (Fsp3) is 0.467. The molecule has 100 valence electrons. The first-order chi connectivity index (χ1) is 9.11. The first kappa shape index (κ1) is 13.4. The second-order valence-electron chi connectivity index (χ2n) is 5.18. The van der Waals surface area contributed by atoms with Gasteiger partial charge in [-0.3, -0.25) is 0 Å². The zero-order chi connectivity index (χ0) is 13.8. The van der Waals surface area contributed by atoms with Gasteiger partial charge in [0.1, 0.15) is 6.07 Å². The summed E-state index contributed by atoms with van der Waals surface area (Å²) in [7, 11) is 1.97. The molecular weight excluding hydrogens is 240 g/mol. The standard InChI is InChI=1S/C15H18N2O2/c1-17(10-11-4-2-3-5-11)14-7-6-12(15(18)19)8-13(14)9-16/h6-8,11H,2-5,10H2,1H3,(H,18,19). The Morgan fingerprint density at radius 1 is 1.47 bits per heavy atom. The smallest absolute Gasteiger partial charge is 0.335 e. The molecule has 0 radical (unpaired) electrons. The lowest BCUT2D eigenvalue weighted by Gasteiger charge is -2.24. The number of anilines is 1. The number of rotatable bonds is 4. The number of benzene rings is 1. The molecule has 1 aliphatic rings. The van der Waals surface area contributed by atoms with E-state index in [1.807, 2.05) is 7.05 Å². The Balaban J connectivity index is 2.18. The lowest BCUT2D eigenvalue weighted by molar-refractivity contribution is 0.0697. The van der Waals surface area contributed by atoms with E-state index in [1.54, 1.807) is 12.1 Å². The third-order valence-electron chi connectivity index (χ3n) is 3.78. The highest BCUT2D eigenvalue weighted by Crippen LogP contribution is 2.28. The maximum atomic E-state index is 10.9. The van der Waals surface area contributed by atoms with Crippen molar-refractivity contribution in [3.8, 4) is 6.07 Å². The highest BCUT2D eigenvalue weighted by molar-refractivity contribution is 5.89. The van der Waals surface area contributed by atoms with E-state index >= 15 is 0 Å². The van der Waals surface area contributed by atoms with Crippen LogP contribution in [-0.4, -0.2) is 24.7 Å². The largest absolute Gasteiger partial charge is 0.478 e. The molecule has 1 saturated carbocycles. The third-order valence-corrected chi connectivity index (χ3v) is 3.78. The summed E-state index contributed by atoms with van der Waals surface area (Å²) in [6.45, 7) is 0.932. The number of carbonyl (C=O) groups is 1. The maximum Gasteiger partial charge on any atom is 0.335 e. The first-order valence-electron chi connectivity index (χ1n) is 6.60. The SMILES string of the molecule is CN(CC1CCCC1)c1ccc(C(=O)O)cc1C#N. The molecule has 1 aromatic rings. The van der Waals surface area contributed by atoms with Gasteiger partial charge in [0.25, 0.3) is 0 Å². The van der Waals surface area contributed by atoms with E-state index in [4.69, 9.17) is 10.4 Å². The van der Waals surface area contributed by atoms with Crippen LogP contribution in [0.4, 0.5) is 5.69 Å². The average Bonchev–Trinajstić information content (AvgIpc) is 2.90. The number of aromatic carboxylic acids is 1. The number of hydrogen-bond acceptors (Lipinski definition) is 3. The van der Waals surface area contributed by atoms with Crippen molar-refractivity contribution >= 4 is 11.7 Å². The molecule has 2 rings (SSSR count). The number of nitrogens with zero attached hydrogens (tertiary/aromatic N) is 2. The van der Waals surface area contributed by atoms with Crippen molar-refractivity contribution in [2.75, 3.05) is 18.5 Å². The monoisotopic (exact) mass is 258 g/mol. The van der Waals surface area contributed by atoms with Gasteiger partial charge in [0.2, 0.25) is 0 Å². The lowest BCUT2D eigenvalue weighted by Crippen LogP contribution is -2.24. The third kappa shape index (κ3) is 3.05. The van der Waals surface area contributed by atoms with Crippen LogP contribution in [0.3, 0.4) is 0 Å². The molecule has 0 saturated heterocycles. The molecule has 0 amide bonds. The van der Waals surface area contributed by atoms with E-state index in [-0.39, 0.29) is 5.56 Å².